The molecular weight excluding hydrogens is 238 g/mol. The van der Waals surface area contributed by atoms with Gasteiger partial charge < -0.3 is 10.0 Å². The number of hydrogen-bond donors (Lipinski definition) is 1. The number of benzene rings is 1. The van der Waals surface area contributed by atoms with Crippen LogP contribution in [0.5, 0.6) is 0 Å². The third kappa shape index (κ3) is 2.39. The summed E-state index contributed by atoms with van der Waals surface area (Å²) < 4.78 is 0. The third-order valence-electron chi connectivity index (χ3n) is 4.60. The van der Waals surface area contributed by atoms with E-state index in [2.05, 4.69) is 17.9 Å². The lowest BCUT2D eigenvalue weighted by atomic mass is 9.98. The lowest BCUT2D eigenvalue weighted by Crippen LogP contribution is -2.48. The molecule has 1 amide bonds. The van der Waals surface area contributed by atoms with Gasteiger partial charge in [0, 0.05) is 12.1 Å². The van der Waals surface area contributed by atoms with Crippen molar-refractivity contribution in [1.29, 1.82) is 0 Å². The van der Waals surface area contributed by atoms with Crippen molar-refractivity contribution >= 4 is 5.91 Å². The minimum Gasteiger partial charge on any atom is -0.393 e. The fourth-order valence-corrected chi connectivity index (χ4v) is 3.62. The molecule has 0 saturated carbocycles. The Morgan fingerprint density at radius 3 is 2.53 bits per heavy atom. The quantitative estimate of drug-likeness (QED) is 0.883. The molecule has 19 heavy (non-hydrogen) atoms. The van der Waals surface area contributed by atoms with Crippen LogP contribution in [0.1, 0.15) is 36.8 Å². The molecule has 1 N–H and O–H groups in total. The van der Waals surface area contributed by atoms with Gasteiger partial charge in [0.15, 0.2) is 0 Å². The van der Waals surface area contributed by atoms with E-state index >= 15 is 0 Å². The molecular formula is C16H21NO2. The topological polar surface area (TPSA) is 40.5 Å². The van der Waals surface area contributed by atoms with Crippen molar-refractivity contribution in [3.05, 3.63) is 35.4 Å². The van der Waals surface area contributed by atoms with Crippen LogP contribution in [0.3, 0.4) is 0 Å². The summed E-state index contributed by atoms with van der Waals surface area (Å²) in [5.74, 6) is 0.230. The first-order valence-electron chi connectivity index (χ1n) is 7.19. The van der Waals surface area contributed by atoms with Crippen LogP contribution in [0.15, 0.2) is 24.3 Å². The van der Waals surface area contributed by atoms with E-state index in [1.165, 1.54) is 5.56 Å². The van der Waals surface area contributed by atoms with Gasteiger partial charge in [-0.1, -0.05) is 24.3 Å². The average Bonchev–Trinajstić information content (AvgIpc) is 2.65. The Kier molecular flexibility index (Phi) is 3.31. The number of rotatable bonds is 2. The molecule has 0 aliphatic carbocycles. The number of piperidine rings is 1. The molecule has 3 rings (SSSR count). The first kappa shape index (κ1) is 12.7. The summed E-state index contributed by atoms with van der Waals surface area (Å²) in [5.41, 5.74) is 2.30. The van der Waals surface area contributed by atoms with Gasteiger partial charge in [-0.15, -0.1) is 0 Å². The predicted octanol–water partition coefficient (Wildman–Crippen LogP) is 2.05. The zero-order chi connectivity index (χ0) is 13.4. The van der Waals surface area contributed by atoms with E-state index < -0.39 is 0 Å². The Labute approximate surface area is 114 Å². The van der Waals surface area contributed by atoms with E-state index in [4.69, 9.17) is 0 Å². The molecule has 2 atom stereocenters. The zero-order valence-corrected chi connectivity index (χ0v) is 11.4. The second-order valence-corrected chi connectivity index (χ2v) is 5.91. The highest BCUT2D eigenvalue weighted by Crippen LogP contribution is 2.36. The van der Waals surface area contributed by atoms with Gasteiger partial charge in [-0.3, -0.25) is 4.79 Å². The molecule has 2 saturated heterocycles. The van der Waals surface area contributed by atoms with Crippen molar-refractivity contribution in [1.82, 2.24) is 4.90 Å². The molecule has 2 heterocycles. The molecule has 1 aromatic rings. The number of nitrogens with zero attached hydrogens (tertiary/aromatic N) is 1. The minimum absolute atomic E-state index is 0.208. The van der Waals surface area contributed by atoms with Gasteiger partial charge in [0.1, 0.15) is 0 Å². The van der Waals surface area contributed by atoms with Crippen molar-refractivity contribution < 1.29 is 9.90 Å². The summed E-state index contributed by atoms with van der Waals surface area (Å²) in [6.07, 6.45) is 3.92. The highest BCUT2D eigenvalue weighted by molar-refractivity contribution is 5.80. The molecule has 0 spiro atoms. The van der Waals surface area contributed by atoms with Crippen molar-refractivity contribution in [2.24, 2.45) is 0 Å². The van der Waals surface area contributed by atoms with Crippen LogP contribution in [0, 0.1) is 6.92 Å². The number of aryl methyl sites for hydroxylation is 1. The smallest absolute Gasteiger partial charge is 0.227 e. The zero-order valence-electron chi connectivity index (χ0n) is 11.4. The monoisotopic (exact) mass is 259 g/mol. The maximum absolute atomic E-state index is 12.5. The first-order valence-corrected chi connectivity index (χ1v) is 7.19. The van der Waals surface area contributed by atoms with E-state index in [0.717, 1.165) is 31.2 Å². The molecule has 0 radical (unpaired) electrons. The Morgan fingerprint density at radius 1 is 1.26 bits per heavy atom. The maximum Gasteiger partial charge on any atom is 0.227 e. The molecule has 2 aliphatic heterocycles. The first-order chi connectivity index (χ1) is 9.15. The van der Waals surface area contributed by atoms with Crippen molar-refractivity contribution in [3.8, 4) is 0 Å². The van der Waals surface area contributed by atoms with Crippen molar-refractivity contribution in [2.75, 3.05) is 0 Å². The van der Waals surface area contributed by atoms with Crippen molar-refractivity contribution in [3.63, 3.8) is 0 Å². The molecule has 0 aromatic heterocycles. The van der Waals surface area contributed by atoms with Crippen LogP contribution in [0.4, 0.5) is 0 Å². The van der Waals surface area contributed by atoms with Gasteiger partial charge >= 0.3 is 0 Å². The van der Waals surface area contributed by atoms with E-state index in [-0.39, 0.29) is 24.1 Å². The third-order valence-corrected chi connectivity index (χ3v) is 4.60. The van der Waals surface area contributed by atoms with Gasteiger partial charge in [0.2, 0.25) is 5.91 Å². The Bertz CT molecular complexity index is 471. The Hall–Kier alpha value is -1.35. The molecule has 2 fully saturated rings. The summed E-state index contributed by atoms with van der Waals surface area (Å²) in [4.78, 5) is 14.6. The van der Waals surface area contributed by atoms with E-state index in [1.54, 1.807) is 0 Å². The summed E-state index contributed by atoms with van der Waals surface area (Å²) in [7, 11) is 0. The van der Waals surface area contributed by atoms with Crippen LogP contribution in [-0.4, -0.2) is 34.1 Å². The number of carbonyl (C=O) groups is 1. The van der Waals surface area contributed by atoms with Crippen LogP contribution in [-0.2, 0) is 11.2 Å². The number of aliphatic hydroxyl groups excluding tert-OH is 1. The fraction of sp³-hybridized carbons (Fsp3) is 0.562. The highest BCUT2D eigenvalue weighted by atomic mass is 16.3. The van der Waals surface area contributed by atoms with E-state index in [1.807, 2.05) is 18.2 Å². The largest absolute Gasteiger partial charge is 0.393 e. The van der Waals surface area contributed by atoms with Gasteiger partial charge in [-0.25, -0.2) is 0 Å². The van der Waals surface area contributed by atoms with Crippen LogP contribution < -0.4 is 0 Å². The summed E-state index contributed by atoms with van der Waals surface area (Å²) in [6.45, 7) is 2.05. The number of hydrogen-bond acceptors (Lipinski definition) is 2. The number of aliphatic hydroxyl groups is 1. The van der Waals surface area contributed by atoms with E-state index in [9.17, 15) is 9.90 Å². The standard InChI is InChI=1S/C16H21NO2/c1-11-4-2-3-5-12(11)8-16(19)17-13-6-7-14(17)10-15(18)9-13/h2-5,13-15,18H,6-10H2,1H3. The number of fused-ring (bicyclic) bond motifs is 2. The second kappa shape index (κ2) is 4.97. The molecule has 3 heteroatoms. The Balaban J connectivity index is 1.73. The lowest BCUT2D eigenvalue weighted by Gasteiger charge is -2.37. The Morgan fingerprint density at radius 2 is 1.89 bits per heavy atom. The molecule has 2 aliphatic rings. The summed E-state index contributed by atoms with van der Waals surface area (Å²) in [6, 6.07) is 8.62. The molecule has 1 aromatic carbocycles. The van der Waals surface area contributed by atoms with Crippen LogP contribution in [0.25, 0.3) is 0 Å². The lowest BCUT2D eigenvalue weighted by molar-refractivity contribution is -0.136. The van der Waals surface area contributed by atoms with Gasteiger partial charge in [0.25, 0.3) is 0 Å². The molecule has 3 nitrogen and oxygen atoms in total. The summed E-state index contributed by atoms with van der Waals surface area (Å²) >= 11 is 0. The van der Waals surface area contributed by atoms with Crippen LogP contribution in [0.2, 0.25) is 0 Å². The number of amides is 1. The van der Waals surface area contributed by atoms with Gasteiger partial charge in [-0.05, 0) is 43.7 Å². The average molecular weight is 259 g/mol. The SMILES string of the molecule is Cc1ccccc1CC(=O)N1C2CCC1CC(O)C2. The van der Waals surface area contributed by atoms with Gasteiger partial charge in [-0.2, -0.15) is 0 Å². The van der Waals surface area contributed by atoms with Gasteiger partial charge in [0.05, 0.1) is 12.5 Å². The number of carbonyl (C=O) groups excluding carboxylic acids is 1. The second-order valence-electron chi connectivity index (χ2n) is 5.91. The normalized spacial score (nSPS) is 29.6. The molecule has 2 bridgehead atoms. The van der Waals surface area contributed by atoms with Crippen molar-refractivity contribution in [2.45, 2.75) is 57.2 Å². The minimum atomic E-state index is -0.208. The molecule has 102 valence electrons. The van der Waals surface area contributed by atoms with Crippen LogP contribution >= 0.6 is 0 Å². The summed E-state index contributed by atoms with van der Waals surface area (Å²) in [5, 5.41) is 9.79. The van der Waals surface area contributed by atoms with E-state index in [0.29, 0.717) is 6.42 Å². The highest BCUT2D eigenvalue weighted by Gasteiger charge is 2.42. The predicted molar refractivity (Wildman–Crippen MR) is 73.8 cm³/mol. The molecule has 2 unspecified atom stereocenters. The fourth-order valence-electron chi connectivity index (χ4n) is 3.62. The maximum atomic E-state index is 12.5.